The monoisotopic (exact) mass is 234 g/mol. The van der Waals surface area contributed by atoms with E-state index in [-0.39, 0.29) is 0 Å². The van der Waals surface area contributed by atoms with Crippen LogP contribution in [0.4, 0.5) is 0 Å². The fraction of sp³-hybridized carbons (Fsp3) is 0.647. The lowest BCUT2D eigenvalue weighted by atomic mass is 9.83. The molecular weight excluding hydrogens is 204 g/mol. The lowest BCUT2D eigenvalue weighted by Crippen LogP contribution is -2.04. The number of rotatable bonds is 3. The minimum atomic E-state index is 0.626. The van der Waals surface area contributed by atoms with Gasteiger partial charge in [-0.3, -0.25) is 0 Å². The second kappa shape index (κ2) is 7.53. The van der Waals surface area contributed by atoms with Crippen LogP contribution in [-0.4, -0.2) is 0 Å². The summed E-state index contributed by atoms with van der Waals surface area (Å²) < 4.78 is 0. The number of benzene rings is 1. The topological polar surface area (TPSA) is 0 Å². The molecule has 0 aromatic heterocycles. The molecule has 0 radical (unpaired) electrons. The molecule has 0 heterocycles. The Morgan fingerprint density at radius 1 is 0.647 bits per heavy atom. The van der Waals surface area contributed by atoms with Gasteiger partial charge in [0.1, 0.15) is 0 Å². The fourth-order valence-corrected chi connectivity index (χ4v) is 2.28. The third kappa shape index (κ3) is 4.18. The van der Waals surface area contributed by atoms with Crippen LogP contribution in [0.2, 0.25) is 0 Å². The molecule has 1 aromatic rings. The Balaban J connectivity index is 0.00000121. The predicted molar refractivity (Wildman–Crippen MR) is 80.1 cm³/mol. The van der Waals surface area contributed by atoms with E-state index in [0.29, 0.717) is 17.8 Å². The molecule has 0 aliphatic rings. The van der Waals surface area contributed by atoms with Crippen LogP contribution in [-0.2, 0) is 0 Å². The van der Waals surface area contributed by atoms with Gasteiger partial charge in [-0.1, -0.05) is 73.6 Å². The van der Waals surface area contributed by atoms with Crippen LogP contribution >= 0.6 is 0 Å². The molecule has 0 amide bonds. The largest absolute Gasteiger partial charge is 0.0683 e. The van der Waals surface area contributed by atoms with Gasteiger partial charge in [0.05, 0.1) is 0 Å². The van der Waals surface area contributed by atoms with Gasteiger partial charge in [-0.2, -0.15) is 0 Å². The summed E-state index contributed by atoms with van der Waals surface area (Å²) in [5.74, 6) is 1.88. The van der Waals surface area contributed by atoms with Crippen LogP contribution in [0.5, 0.6) is 0 Å². The van der Waals surface area contributed by atoms with Gasteiger partial charge in [-0.15, -0.1) is 0 Å². The molecule has 0 bridgehead atoms. The van der Waals surface area contributed by atoms with Crippen LogP contribution in [0, 0.1) is 0 Å². The molecule has 0 saturated carbocycles. The zero-order chi connectivity index (χ0) is 13.6. The third-order valence-corrected chi connectivity index (χ3v) is 2.99. The third-order valence-electron chi connectivity index (χ3n) is 2.99. The minimum Gasteiger partial charge on any atom is -0.0683 e. The Labute approximate surface area is 108 Å². The Morgan fingerprint density at radius 2 is 1.00 bits per heavy atom. The molecule has 0 saturated heterocycles. The summed E-state index contributed by atoms with van der Waals surface area (Å²) in [5, 5.41) is 0. The zero-order valence-corrected chi connectivity index (χ0v) is 13.0. The SMILES string of the molecule is CC.CC(C)c1cccc(C(C)C)c1C(C)C. The van der Waals surface area contributed by atoms with Crippen molar-refractivity contribution in [3.8, 4) is 0 Å². The van der Waals surface area contributed by atoms with E-state index in [4.69, 9.17) is 0 Å². The standard InChI is InChI=1S/C15H24.C2H6/c1-10(2)13-8-7-9-14(11(3)4)15(13)12(5)6;1-2/h7-12H,1-6H3;1-2H3. The van der Waals surface area contributed by atoms with Gasteiger partial charge in [0.2, 0.25) is 0 Å². The van der Waals surface area contributed by atoms with Gasteiger partial charge in [-0.25, -0.2) is 0 Å². The second-order valence-corrected chi connectivity index (χ2v) is 5.31. The maximum Gasteiger partial charge on any atom is -0.0213 e. The summed E-state index contributed by atoms with van der Waals surface area (Å²) in [5.41, 5.74) is 4.62. The van der Waals surface area contributed by atoms with Crippen molar-refractivity contribution in [2.75, 3.05) is 0 Å². The molecule has 0 unspecified atom stereocenters. The molecule has 0 aliphatic heterocycles. The van der Waals surface area contributed by atoms with E-state index in [0.717, 1.165) is 0 Å². The van der Waals surface area contributed by atoms with Crippen molar-refractivity contribution in [3.63, 3.8) is 0 Å². The lowest BCUT2D eigenvalue weighted by Gasteiger charge is -2.22. The average molecular weight is 234 g/mol. The molecular formula is C17H30. The van der Waals surface area contributed by atoms with Crippen molar-refractivity contribution in [3.05, 3.63) is 34.9 Å². The highest BCUT2D eigenvalue weighted by atomic mass is 14.2. The fourth-order valence-electron chi connectivity index (χ4n) is 2.28. The van der Waals surface area contributed by atoms with E-state index in [1.54, 1.807) is 5.56 Å². The van der Waals surface area contributed by atoms with Gasteiger partial charge in [0.25, 0.3) is 0 Å². The quantitative estimate of drug-likeness (QED) is 0.594. The Bertz CT molecular complexity index is 293. The van der Waals surface area contributed by atoms with Gasteiger partial charge in [0.15, 0.2) is 0 Å². The lowest BCUT2D eigenvalue weighted by molar-refractivity contribution is 0.748. The Kier molecular flexibility index (Phi) is 7.18. The van der Waals surface area contributed by atoms with Gasteiger partial charge < -0.3 is 0 Å². The normalized spacial score (nSPS) is 10.8. The maximum absolute atomic E-state index is 2.30. The number of hydrogen-bond acceptors (Lipinski definition) is 0. The van der Waals surface area contributed by atoms with Gasteiger partial charge in [0, 0.05) is 0 Å². The van der Waals surface area contributed by atoms with E-state index < -0.39 is 0 Å². The van der Waals surface area contributed by atoms with E-state index in [9.17, 15) is 0 Å². The molecule has 17 heavy (non-hydrogen) atoms. The first-order valence-electron chi connectivity index (χ1n) is 7.07. The first kappa shape index (κ1) is 16.2. The molecule has 0 nitrogen and oxygen atoms in total. The first-order chi connectivity index (χ1) is 7.95. The van der Waals surface area contributed by atoms with Crippen molar-refractivity contribution in [2.45, 2.75) is 73.1 Å². The molecule has 0 heteroatoms. The number of hydrogen-bond donors (Lipinski definition) is 0. The maximum atomic E-state index is 2.30. The molecule has 0 atom stereocenters. The summed E-state index contributed by atoms with van der Waals surface area (Å²) in [6.45, 7) is 17.7. The van der Waals surface area contributed by atoms with E-state index in [1.807, 2.05) is 13.8 Å². The smallest absolute Gasteiger partial charge is 0.0213 e. The molecule has 1 rings (SSSR count). The highest BCUT2D eigenvalue weighted by molar-refractivity contribution is 5.40. The van der Waals surface area contributed by atoms with Crippen molar-refractivity contribution in [2.24, 2.45) is 0 Å². The molecule has 0 fully saturated rings. The van der Waals surface area contributed by atoms with E-state index in [1.165, 1.54) is 11.1 Å². The summed E-state index contributed by atoms with van der Waals surface area (Å²) in [6, 6.07) is 6.77. The summed E-state index contributed by atoms with van der Waals surface area (Å²) in [6.07, 6.45) is 0. The molecule has 0 aliphatic carbocycles. The van der Waals surface area contributed by atoms with Crippen molar-refractivity contribution in [1.82, 2.24) is 0 Å². The average Bonchev–Trinajstić information content (AvgIpc) is 2.30. The predicted octanol–water partition coefficient (Wildman–Crippen LogP) is 6.08. The van der Waals surface area contributed by atoms with Crippen molar-refractivity contribution < 1.29 is 0 Å². The summed E-state index contributed by atoms with van der Waals surface area (Å²) in [7, 11) is 0. The summed E-state index contributed by atoms with van der Waals surface area (Å²) >= 11 is 0. The highest BCUT2D eigenvalue weighted by Gasteiger charge is 2.15. The van der Waals surface area contributed by atoms with Crippen LogP contribution < -0.4 is 0 Å². The molecule has 0 N–H and O–H groups in total. The highest BCUT2D eigenvalue weighted by Crippen LogP contribution is 2.32. The molecule has 0 spiro atoms. The van der Waals surface area contributed by atoms with Crippen LogP contribution in [0.3, 0.4) is 0 Å². The second-order valence-electron chi connectivity index (χ2n) is 5.31. The first-order valence-corrected chi connectivity index (χ1v) is 7.07. The van der Waals surface area contributed by atoms with Gasteiger partial charge >= 0.3 is 0 Å². The Morgan fingerprint density at radius 3 is 1.24 bits per heavy atom. The van der Waals surface area contributed by atoms with Crippen LogP contribution in [0.1, 0.15) is 89.8 Å². The minimum absolute atomic E-state index is 0.626. The molecule has 98 valence electrons. The molecule has 1 aromatic carbocycles. The van der Waals surface area contributed by atoms with Crippen LogP contribution in [0.15, 0.2) is 18.2 Å². The van der Waals surface area contributed by atoms with Gasteiger partial charge in [-0.05, 0) is 34.4 Å². The van der Waals surface area contributed by atoms with Crippen molar-refractivity contribution in [1.29, 1.82) is 0 Å². The van der Waals surface area contributed by atoms with Crippen molar-refractivity contribution >= 4 is 0 Å². The summed E-state index contributed by atoms with van der Waals surface area (Å²) in [4.78, 5) is 0. The van der Waals surface area contributed by atoms with Crippen LogP contribution in [0.25, 0.3) is 0 Å². The van der Waals surface area contributed by atoms with E-state index >= 15 is 0 Å². The van der Waals surface area contributed by atoms with E-state index in [2.05, 4.69) is 59.7 Å². The zero-order valence-electron chi connectivity index (χ0n) is 13.0. The Hall–Kier alpha value is -0.780.